The first-order valence-corrected chi connectivity index (χ1v) is 8.32. The summed E-state index contributed by atoms with van der Waals surface area (Å²) in [4.78, 5) is 4.65. The summed E-state index contributed by atoms with van der Waals surface area (Å²) in [5.41, 5.74) is 4.01. The van der Waals surface area contributed by atoms with Crippen LogP contribution in [0.25, 0.3) is 33.1 Å². The van der Waals surface area contributed by atoms with Crippen LogP contribution in [-0.2, 0) is 0 Å². The van der Waals surface area contributed by atoms with Gasteiger partial charge in [-0.25, -0.2) is 9.37 Å². The molecule has 24 heavy (non-hydrogen) atoms. The van der Waals surface area contributed by atoms with Crippen LogP contribution in [0.15, 0.2) is 78.9 Å². The van der Waals surface area contributed by atoms with Crippen molar-refractivity contribution < 1.29 is 4.39 Å². The van der Waals surface area contributed by atoms with Gasteiger partial charge in [0.15, 0.2) is 5.82 Å². The maximum atomic E-state index is 13.1. The average molecular weight is 332 g/mol. The molecule has 3 aromatic carbocycles. The largest absolute Gasteiger partial charge is 0.215 e. The van der Waals surface area contributed by atoms with Gasteiger partial charge in [0.1, 0.15) is 10.8 Å². The summed E-state index contributed by atoms with van der Waals surface area (Å²) in [7, 11) is 0. The summed E-state index contributed by atoms with van der Waals surface area (Å²) in [5, 5.41) is 0.901. The van der Waals surface area contributed by atoms with Crippen molar-refractivity contribution >= 4 is 11.5 Å². The van der Waals surface area contributed by atoms with Crippen LogP contribution in [0.3, 0.4) is 0 Å². The molecular weight excluding hydrogens is 319 g/mol. The molecule has 0 unspecified atom stereocenters. The molecule has 116 valence electrons. The van der Waals surface area contributed by atoms with Crippen molar-refractivity contribution in [2.45, 2.75) is 0 Å². The monoisotopic (exact) mass is 332 g/mol. The Kier molecular flexibility index (Phi) is 3.89. The predicted molar refractivity (Wildman–Crippen MR) is 96.2 cm³/mol. The predicted octanol–water partition coefficient (Wildman–Crippen LogP) is 5.68. The van der Waals surface area contributed by atoms with Gasteiger partial charge in [-0.15, -0.1) is 0 Å². The third-order valence-electron chi connectivity index (χ3n) is 3.75. The minimum atomic E-state index is -0.233. The van der Waals surface area contributed by atoms with Crippen LogP contribution in [0.4, 0.5) is 4.39 Å². The Morgan fingerprint density at radius 1 is 0.667 bits per heavy atom. The van der Waals surface area contributed by atoms with Gasteiger partial charge in [0.05, 0.1) is 0 Å². The van der Waals surface area contributed by atoms with E-state index in [9.17, 15) is 4.39 Å². The number of hydrogen-bond donors (Lipinski definition) is 0. The molecule has 1 heterocycles. The zero-order valence-corrected chi connectivity index (χ0v) is 13.5. The van der Waals surface area contributed by atoms with E-state index in [4.69, 9.17) is 0 Å². The molecule has 0 aliphatic rings. The van der Waals surface area contributed by atoms with E-state index >= 15 is 0 Å². The molecule has 0 radical (unpaired) electrons. The van der Waals surface area contributed by atoms with Gasteiger partial charge >= 0.3 is 0 Å². The lowest BCUT2D eigenvalue weighted by Gasteiger charge is -2.03. The molecule has 0 spiro atoms. The molecule has 0 aliphatic carbocycles. The Bertz CT molecular complexity index is 962. The van der Waals surface area contributed by atoms with Gasteiger partial charge in [-0.1, -0.05) is 60.7 Å². The first-order chi connectivity index (χ1) is 11.8. The Hall–Kier alpha value is -2.85. The lowest BCUT2D eigenvalue weighted by Crippen LogP contribution is -1.84. The summed E-state index contributed by atoms with van der Waals surface area (Å²) < 4.78 is 17.6. The highest BCUT2D eigenvalue weighted by atomic mass is 32.1. The van der Waals surface area contributed by atoms with Crippen LogP contribution >= 0.6 is 11.5 Å². The number of nitrogens with zero attached hydrogens (tertiary/aromatic N) is 2. The molecule has 1 aromatic heterocycles. The molecule has 0 amide bonds. The summed E-state index contributed by atoms with van der Waals surface area (Å²) >= 11 is 1.39. The molecule has 2 nitrogen and oxygen atoms in total. The number of benzene rings is 3. The van der Waals surface area contributed by atoms with Gasteiger partial charge in [-0.05, 0) is 40.9 Å². The van der Waals surface area contributed by atoms with E-state index in [1.54, 1.807) is 12.1 Å². The Morgan fingerprint density at radius 2 is 1.38 bits per heavy atom. The Morgan fingerprint density at radius 3 is 2.17 bits per heavy atom. The van der Waals surface area contributed by atoms with Crippen LogP contribution in [0.2, 0.25) is 0 Å². The molecular formula is C20H13FN2S. The summed E-state index contributed by atoms with van der Waals surface area (Å²) in [6.45, 7) is 0. The van der Waals surface area contributed by atoms with Gasteiger partial charge in [-0.3, -0.25) is 0 Å². The van der Waals surface area contributed by atoms with E-state index in [0.717, 1.165) is 27.3 Å². The summed E-state index contributed by atoms with van der Waals surface area (Å²) in [6.07, 6.45) is 0. The molecule has 0 fully saturated rings. The van der Waals surface area contributed by atoms with E-state index in [2.05, 4.69) is 9.36 Å². The number of hydrogen-bond acceptors (Lipinski definition) is 3. The molecule has 0 atom stereocenters. The van der Waals surface area contributed by atoms with Gasteiger partial charge in [0.25, 0.3) is 0 Å². The highest BCUT2D eigenvalue weighted by Gasteiger charge is 2.09. The summed E-state index contributed by atoms with van der Waals surface area (Å²) in [6, 6.07) is 24.5. The Balaban J connectivity index is 1.69. The lowest BCUT2D eigenvalue weighted by atomic mass is 10.0. The zero-order valence-electron chi connectivity index (χ0n) is 12.7. The van der Waals surface area contributed by atoms with E-state index in [1.807, 2.05) is 54.6 Å². The van der Waals surface area contributed by atoms with Gasteiger partial charge < -0.3 is 0 Å². The van der Waals surface area contributed by atoms with Crippen molar-refractivity contribution in [3.05, 3.63) is 84.7 Å². The number of aromatic nitrogens is 2. The van der Waals surface area contributed by atoms with Crippen LogP contribution in [0.5, 0.6) is 0 Å². The molecule has 4 aromatic rings. The normalized spacial score (nSPS) is 10.7. The van der Waals surface area contributed by atoms with Crippen molar-refractivity contribution in [1.82, 2.24) is 9.36 Å². The molecule has 4 heteroatoms. The zero-order chi connectivity index (χ0) is 16.4. The van der Waals surface area contributed by atoms with E-state index in [1.165, 1.54) is 23.7 Å². The van der Waals surface area contributed by atoms with Crippen molar-refractivity contribution in [3.8, 4) is 33.1 Å². The standard InChI is InChI=1S/C20H13FN2S/c21-18-11-9-14(10-12-18)16-7-4-8-17(13-16)19-22-20(24-23-19)15-5-2-1-3-6-15/h1-13H. The highest BCUT2D eigenvalue weighted by molar-refractivity contribution is 7.09. The maximum Gasteiger partial charge on any atom is 0.173 e. The fourth-order valence-corrected chi connectivity index (χ4v) is 3.21. The van der Waals surface area contributed by atoms with Crippen LogP contribution in [0, 0.1) is 5.82 Å². The molecule has 4 rings (SSSR count). The fourth-order valence-electron chi connectivity index (χ4n) is 2.52. The highest BCUT2D eigenvalue weighted by Crippen LogP contribution is 2.28. The molecule has 0 saturated heterocycles. The molecule has 0 saturated carbocycles. The van der Waals surface area contributed by atoms with E-state index < -0.39 is 0 Å². The molecule has 0 N–H and O–H groups in total. The van der Waals surface area contributed by atoms with Crippen LogP contribution in [-0.4, -0.2) is 9.36 Å². The third-order valence-corrected chi connectivity index (χ3v) is 4.51. The molecule has 0 bridgehead atoms. The van der Waals surface area contributed by atoms with Crippen LogP contribution < -0.4 is 0 Å². The van der Waals surface area contributed by atoms with Crippen molar-refractivity contribution in [3.63, 3.8) is 0 Å². The van der Waals surface area contributed by atoms with Crippen LogP contribution in [0.1, 0.15) is 0 Å². The maximum absolute atomic E-state index is 13.1. The summed E-state index contributed by atoms with van der Waals surface area (Å²) in [5.74, 6) is 0.478. The first kappa shape index (κ1) is 14.7. The number of rotatable bonds is 3. The van der Waals surface area contributed by atoms with E-state index in [0.29, 0.717) is 5.82 Å². The second kappa shape index (κ2) is 6.34. The first-order valence-electron chi connectivity index (χ1n) is 7.55. The lowest BCUT2D eigenvalue weighted by molar-refractivity contribution is 0.628. The minimum absolute atomic E-state index is 0.233. The van der Waals surface area contributed by atoms with Gasteiger partial charge in [0.2, 0.25) is 0 Å². The second-order valence-electron chi connectivity index (χ2n) is 5.38. The smallest absolute Gasteiger partial charge is 0.173 e. The minimum Gasteiger partial charge on any atom is -0.215 e. The quantitative estimate of drug-likeness (QED) is 0.482. The topological polar surface area (TPSA) is 25.8 Å². The molecule has 0 aliphatic heterocycles. The average Bonchev–Trinajstić information content (AvgIpc) is 3.13. The van der Waals surface area contributed by atoms with E-state index in [-0.39, 0.29) is 5.82 Å². The third kappa shape index (κ3) is 2.96. The Labute approximate surface area is 143 Å². The van der Waals surface area contributed by atoms with Gasteiger partial charge in [0, 0.05) is 11.1 Å². The second-order valence-corrected chi connectivity index (χ2v) is 6.13. The number of halogens is 1. The SMILES string of the molecule is Fc1ccc(-c2cccc(-c3nsc(-c4ccccc4)n3)c2)cc1. The van der Waals surface area contributed by atoms with Crippen molar-refractivity contribution in [2.24, 2.45) is 0 Å². The van der Waals surface area contributed by atoms with Gasteiger partial charge in [-0.2, -0.15) is 4.37 Å². The van der Waals surface area contributed by atoms with Crippen molar-refractivity contribution in [2.75, 3.05) is 0 Å². The van der Waals surface area contributed by atoms with Crippen molar-refractivity contribution in [1.29, 1.82) is 0 Å². The fraction of sp³-hybridized carbons (Fsp3) is 0.